The second-order valence-electron chi connectivity index (χ2n) is 5.58. The van der Waals surface area contributed by atoms with E-state index in [0.717, 1.165) is 17.1 Å². The van der Waals surface area contributed by atoms with E-state index < -0.39 is 11.6 Å². The molecule has 0 saturated heterocycles. The van der Waals surface area contributed by atoms with Gasteiger partial charge in [-0.25, -0.2) is 18.4 Å². The highest BCUT2D eigenvalue weighted by molar-refractivity contribution is 5.75. The number of halogens is 2. The highest BCUT2D eigenvalue weighted by Gasteiger charge is 2.09. The van der Waals surface area contributed by atoms with E-state index in [9.17, 15) is 8.78 Å². The Labute approximate surface area is 140 Å². The molecule has 126 valence electrons. The fraction of sp³-hybridized carbons (Fsp3) is 0.125. The second-order valence-corrected chi connectivity index (χ2v) is 5.58. The van der Waals surface area contributed by atoms with Gasteiger partial charge in [-0.3, -0.25) is 4.68 Å². The first-order chi connectivity index (χ1) is 12.1. The Kier molecular flexibility index (Phi) is 3.60. The Morgan fingerprint density at radius 3 is 2.56 bits per heavy atom. The van der Waals surface area contributed by atoms with Gasteiger partial charge >= 0.3 is 0 Å². The van der Waals surface area contributed by atoms with Crippen LogP contribution in [0.15, 0.2) is 43.0 Å². The number of nitrogens with one attached hydrogen (secondary N) is 1. The summed E-state index contributed by atoms with van der Waals surface area (Å²) in [6.45, 7) is 0.196. The molecule has 0 bridgehead atoms. The molecule has 4 aromatic rings. The van der Waals surface area contributed by atoms with Crippen LogP contribution in [0, 0.1) is 11.6 Å². The normalized spacial score (nSPS) is 11.2. The number of fused-ring (bicyclic) bond motifs is 1. The van der Waals surface area contributed by atoms with Crippen LogP contribution < -0.4 is 5.32 Å². The molecule has 0 atom stereocenters. The standard InChI is InChI=1S/C16H13F2N7/c1-24-9-14(7-20-24)22-16-19-5-11-6-21-25(15(11)23-16)8-10-2-12(17)4-13(18)3-10/h2-7,9H,8H2,1H3,(H,19,22,23). The maximum absolute atomic E-state index is 13.4. The number of aryl methyl sites for hydroxylation is 1. The van der Waals surface area contributed by atoms with Crippen molar-refractivity contribution in [3.05, 3.63) is 60.2 Å². The monoisotopic (exact) mass is 341 g/mol. The van der Waals surface area contributed by atoms with Gasteiger partial charge in [0.25, 0.3) is 0 Å². The zero-order valence-corrected chi connectivity index (χ0v) is 13.2. The Balaban J connectivity index is 1.66. The van der Waals surface area contributed by atoms with Crippen molar-refractivity contribution in [3.8, 4) is 0 Å². The van der Waals surface area contributed by atoms with Gasteiger partial charge in [0.15, 0.2) is 5.65 Å². The second kappa shape index (κ2) is 5.93. The van der Waals surface area contributed by atoms with Crippen molar-refractivity contribution in [1.29, 1.82) is 0 Å². The summed E-state index contributed by atoms with van der Waals surface area (Å²) >= 11 is 0. The number of nitrogens with zero attached hydrogens (tertiary/aromatic N) is 6. The Bertz CT molecular complexity index is 1030. The third-order valence-electron chi connectivity index (χ3n) is 3.59. The molecule has 0 amide bonds. The summed E-state index contributed by atoms with van der Waals surface area (Å²) in [6, 6.07) is 3.38. The van der Waals surface area contributed by atoms with Crippen molar-refractivity contribution in [2.45, 2.75) is 6.54 Å². The molecule has 0 aliphatic heterocycles. The minimum absolute atomic E-state index is 0.196. The molecule has 4 rings (SSSR count). The van der Waals surface area contributed by atoms with E-state index in [0.29, 0.717) is 17.2 Å². The van der Waals surface area contributed by atoms with E-state index >= 15 is 0 Å². The highest BCUT2D eigenvalue weighted by atomic mass is 19.1. The van der Waals surface area contributed by atoms with Gasteiger partial charge in [-0.15, -0.1) is 0 Å². The molecule has 0 radical (unpaired) electrons. The van der Waals surface area contributed by atoms with Crippen LogP contribution in [0.5, 0.6) is 0 Å². The topological polar surface area (TPSA) is 73.5 Å². The van der Waals surface area contributed by atoms with Crippen LogP contribution in [-0.2, 0) is 13.6 Å². The summed E-state index contributed by atoms with van der Waals surface area (Å²) < 4.78 is 30.0. The fourth-order valence-electron chi connectivity index (χ4n) is 2.53. The van der Waals surface area contributed by atoms with Crippen LogP contribution in [0.2, 0.25) is 0 Å². The minimum atomic E-state index is -0.625. The summed E-state index contributed by atoms with van der Waals surface area (Å²) in [5.41, 5.74) is 1.77. The predicted octanol–water partition coefficient (Wildman–Crippen LogP) is 2.63. The third kappa shape index (κ3) is 3.16. The maximum atomic E-state index is 13.4. The Morgan fingerprint density at radius 1 is 1.04 bits per heavy atom. The van der Waals surface area contributed by atoms with Crippen molar-refractivity contribution >= 4 is 22.7 Å². The van der Waals surface area contributed by atoms with Crippen molar-refractivity contribution in [2.75, 3.05) is 5.32 Å². The van der Waals surface area contributed by atoms with Crippen molar-refractivity contribution in [3.63, 3.8) is 0 Å². The lowest BCUT2D eigenvalue weighted by Gasteiger charge is -2.06. The van der Waals surface area contributed by atoms with Crippen molar-refractivity contribution in [2.24, 2.45) is 7.05 Å². The molecule has 0 fully saturated rings. The predicted molar refractivity (Wildman–Crippen MR) is 87.3 cm³/mol. The molecular formula is C16H13F2N7. The number of rotatable bonds is 4. The van der Waals surface area contributed by atoms with Crippen LogP contribution in [0.25, 0.3) is 11.0 Å². The molecule has 1 aromatic carbocycles. The third-order valence-corrected chi connectivity index (χ3v) is 3.59. The van der Waals surface area contributed by atoms with Gasteiger partial charge in [-0.05, 0) is 17.7 Å². The molecule has 9 heteroatoms. The minimum Gasteiger partial charge on any atom is -0.321 e. The first-order valence-electron chi connectivity index (χ1n) is 7.46. The van der Waals surface area contributed by atoms with Crippen molar-refractivity contribution in [1.82, 2.24) is 29.5 Å². The average molecular weight is 341 g/mol. The molecule has 3 aromatic heterocycles. The van der Waals surface area contributed by atoms with E-state index in [1.807, 2.05) is 7.05 Å². The van der Waals surface area contributed by atoms with Gasteiger partial charge in [-0.2, -0.15) is 15.2 Å². The number of benzene rings is 1. The molecule has 0 saturated carbocycles. The van der Waals surface area contributed by atoms with E-state index in [4.69, 9.17) is 0 Å². The lowest BCUT2D eigenvalue weighted by atomic mass is 10.2. The molecule has 7 nitrogen and oxygen atoms in total. The summed E-state index contributed by atoms with van der Waals surface area (Å²) in [4.78, 5) is 8.66. The lowest BCUT2D eigenvalue weighted by molar-refractivity contribution is 0.575. The Morgan fingerprint density at radius 2 is 1.84 bits per heavy atom. The van der Waals surface area contributed by atoms with Crippen LogP contribution in [0.4, 0.5) is 20.4 Å². The molecular weight excluding hydrogens is 328 g/mol. The largest absolute Gasteiger partial charge is 0.321 e. The molecule has 0 spiro atoms. The fourth-order valence-corrected chi connectivity index (χ4v) is 2.53. The SMILES string of the molecule is Cn1cc(Nc2ncc3cnn(Cc4cc(F)cc(F)c4)c3n2)cn1. The van der Waals surface area contributed by atoms with Gasteiger partial charge < -0.3 is 5.32 Å². The molecule has 0 unspecified atom stereocenters. The Hall–Kier alpha value is -3.36. The molecule has 0 aliphatic carbocycles. The van der Waals surface area contributed by atoms with Gasteiger partial charge in [0.1, 0.15) is 11.6 Å². The lowest BCUT2D eigenvalue weighted by Crippen LogP contribution is -2.05. The van der Waals surface area contributed by atoms with Gasteiger partial charge in [-0.1, -0.05) is 0 Å². The average Bonchev–Trinajstić information content (AvgIpc) is 3.13. The van der Waals surface area contributed by atoms with E-state index in [1.165, 1.54) is 12.1 Å². The number of hydrogen-bond acceptors (Lipinski definition) is 5. The summed E-state index contributed by atoms with van der Waals surface area (Å²) in [7, 11) is 1.81. The summed E-state index contributed by atoms with van der Waals surface area (Å²) in [5, 5.41) is 12.1. The van der Waals surface area contributed by atoms with Crippen LogP contribution in [0.3, 0.4) is 0 Å². The smallest absolute Gasteiger partial charge is 0.229 e. The van der Waals surface area contributed by atoms with Gasteiger partial charge in [0, 0.05) is 25.5 Å². The number of aromatic nitrogens is 6. The molecule has 25 heavy (non-hydrogen) atoms. The van der Waals surface area contributed by atoms with Crippen molar-refractivity contribution < 1.29 is 8.78 Å². The summed E-state index contributed by atoms with van der Waals surface area (Å²) in [6.07, 6.45) is 6.69. The molecule has 0 aliphatic rings. The number of anilines is 2. The summed E-state index contributed by atoms with van der Waals surface area (Å²) in [5.74, 6) is -0.868. The first kappa shape index (κ1) is 15.2. The van der Waals surface area contributed by atoms with Crippen LogP contribution in [0.1, 0.15) is 5.56 Å². The zero-order valence-electron chi connectivity index (χ0n) is 13.2. The van der Waals surface area contributed by atoms with Gasteiger partial charge in [0.2, 0.25) is 5.95 Å². The van der Waals surface area contributed by atoms with Crippen LogP contribution in [-0.4, -0.2) is 29.5 Å². The molecule has 3 heterocycles. The highest BCUT2D eigenvalue weighted by Crippen LogP contribution is 2.17. The quantitative estimate of drug-likeness (QED) is 0.618. The van der Waals surface area contributed by atoms with E-state index in [-0.39, 0.29) is 6.54 Å². The maximum Gasteiger partial charge on any atom is 0.229 e. The van der Waals surface area contributed by atoms with Gasteiger partial charge in [0.05, 0.1) is 30.0 Å². The van der Waals surface area contributed by atoms with Crippen LogP contribution >= 0.6 is 0 Å². The molecule has 1 N–H and O–H groups in total. The first-order valence-corrected chi connectivity index (χ1v) is 7.46. The van der Waals surface area contributed by atoms with E-state index in [1.54, 1.807) is 34.2 Å². The van der Waals surface area contributed by atoms with E-state index in [2.05, 4.69) is 25.5 Å². The zero-order chi connectivity index (χ0) is 17.4. The number of hydrogen-bond donors (Lipinski definition) is 1.